The number of aliphatic carboxylic acids is 1. The van der Waals surface area contributed by atoms with Crippen molar-refractivity contribution in [1.29, 1.82) is 0 Å². The van der Waals surface area contributed by atoms with Crippen LogP contribution in [0.3, 0.4) is 0 Å². The molecule has 0 aromatic carbocycles. The van der Waals surface area contributed by atoms with Crippen LogP contribution < -0.4 is 0 Å². The van der Waals surface area contributed by atoms with E-state index in [-0.39, 0.29) is 5.60 Å². The minimum atomic E-state index is -0.879. The SMILES string of the molecule is C=C(CCCCC1(C)CCO1)C(=O)O. The van der Waals surface area contributed by atoms with Crippen LogP contribution in [-0.2, 0) is 9.53 Å². The molecule has 1 rings (SSSR count). The summed E-state index contributed by atoms with van der Waals surface area (Å²) in [7, 11) is 0. The summed E-state index contributed by atoms with van der Waals surface area (Å²) >= 11 is 0. The highest BCUT2D eigenvalue weighted by atomic mass is 16.5. The minimum Gasteiger partial charge on any atom is -0.478 e. The standard InChI is InChI=1S/C11H18O3/c1-9(10(12)13)5-3-4-6-11(2)7-8-14-11/h1,3-8H2,2H3,(H,12,13). The molecule has 3 heteroatoms. The largest absolute Gasteiger partial charge is 0.478 e. The summed E-state index contributed by atoms with van der Waals surface area (Å²) in [6.45, 7) is 6.48. The number of rotatable bonds is 6. The minimum absolute atomic E-state index is 0.0740. The van der Waals surface area contributed by atoms with E-state index in [0.717, 1.165) is 32.3 Å². The zero-order chi connectivity index (χ0) is 10.6. The molecule has 0 aliphatic carbocycles. The average Bonchev–Trinajstić information content (AvgIpc) is 2.09. The maximum Gasteiger partial charge on any atom is 0.330 e. The molecule has 1 aliphatic heterocycles. The number of hydrogen-bond donors (Lipinski definition) is 1. The average molecular weight is 198 g/mol. The lowest BCUT2D eigenvalue weighted by Gasteiger charge is -2.38. The first-order valence-electron chi connectivity index (χ1n) is 5.08. The summed E-state index contributed by atoms with van der Waals surface area (Å²) < 4.78 is 5.43. The van der Waals surface area contributed by atoms with Gasteiger partial charge in [-0.25, -0.2) is 4.79 Å². The van der Waals surface area contributed by atoms with E-state index < -0.39 is 5.97 Å². The van der Waals surface area contributed by atoms with Crippen LogP contribution in [-0.4, -0.2) is 23.3 Å². The molecule has 1 saturated heterocycles. The molecule has 0 spiro atoms. The Morgan fingerprint density at radius 3 is 2.64 bits per heavy atom. The van der Waals surface area contributed by atoms with Gasteiger partial charge in [0.2, 0.25) is 0 Å². The highest BCUT2D eigenvalue weighted by Gasteiger charge is 2.31. The molecule has 3 nitrogen and oxygen atoms in total. The first-order chi connectivity index (χ1) is 6.53. The maximum absolute atomic E-state index is 10.4. The number of carboxylic acid groups (broad SMARTS) is 1. The molecule has 0 aromatic heterocycles. The van der Waals surface area contributed by atoms with Gasteiger partial charge in [0.15, 0.2) is 0 Å². The third-order valence-electron chi connectivity index (χ3n) is 2.82. The van der Waals surface area contributed by atoms with Crippen LogP contribution in [0.4, 0.5) is 0 Å². The highest BCUT2D eigenvalue weighted by molar-refractivity contribution is 5.85. The Morgan fingerprint density at radius 1 is 1.57 bits per heavy atom. The van der Waals surface area contributed by atoms with Crippen LogP contribution in [0.5, 0.6) is 0 Å². The van der Waals surface area contributed by atoms with E-state index >= 15 is 0 Å². The highest BCUT2D eigenvalue weighted by Crippen LogP contribution is 2.31. The van der Waals surface area contributed by atoms with Crippen molar-refractivity contribution in [3.05, 3.63) is 12.2 Å². The van der Waals surface area contributed by atoms with Crippen molar-refractivity contribution in [2.45, 2.75) is 44.6 Å². The van der Waals surface area contributed by atoms with Gasteiger partial charge >= 0.3 is 5.97 Å². The lowest BCUT2D eigenvalue weighted by atomic mass is 9.90. The Bertz CT molecular complexity index is 229. The zero-order valence-corrected chi connectivity index (χ0v) is 8.71. The van der Waals surface area contributed by atoms with Gasteiger partial charge in [0, 0.05) is 5.57 Å². The van der Waals surface area contributed by atoms with Gasteiger partial charge in [-0.05, 0) is 32.6 Å². The number of unbranched alkanes of at least 4 members (excludes halogenated alkanes) is 1. The van der Waals surface area contributed by atoms with Gasteiger partial charge in [0.25, 0.3) is 0 Å². The third kappa shape index (κ3) is 3.14. The number of carbonyl (C=O) groups is 1. The molecule has 0 amide bonds. The molecule has 1 aliphatic rings. The summed E-state index contributed by atoms with van der Waals surface area (Å²) in [5.41, 5.74) is 0.384. The van der Waals surface area contributed by atoms with E-state index in [9.17, 15) is 4.79 Å². The van der Waals surface area contributed by atoms with Gasteiger partial charge in [-0.3, -0.25) is 0 Å². The van der Waals surface area contributed by atoms with Crippen molar-refractivity contribution < 1.29 is 14.6 Å². The third-order valence-corrected chi connectivity index (χ3v) is 2.82. The lowest BCUT2D eigenvalue weighted by Crippen LogP contribution is -2.40. The second kappa shape index (κ2) is 4.60. The summed E-state index contributed by atoms with van der Waals surface area (Å²) in [4.78, 5) is 10.4. The molecule has 1 unspecified atom stereocenters. The second-order valence-corrected chi connectivity index (χ2v) is 4.16. The second-order valence-electron chi connectivity index (χ2n) is 4.16. The Labute approximate surface area is 84.8 Å². The molecule has 0 aromatic rings. The van der Waals surface area contributed by atoms with Gasteiger partial charge in [0.1, 0.15) is 0 Å². The van der Waals surface area contributed by atoms with E-state index in [1.54, 1.807) is 0 Å². The lowest BCUT2D eigenvalue weighted by molar-refractivity contribution is -0.139. The first-order valence-corrected chi connectivity index (χ1v) is 5.08. The van der Waals surface area contributed by atoms with Crippen LogP contribution in [0.1, 0.15) is 39.0 Å². The molecule has 1 atom stereocenters. The van der Waals surface area contributed by atoms with Crippen molar-refractivity contribution >= 4 is 5.97 Å². The molecule has 14 heavy (non-hydrogen) atoms. The van der Waals surface area contributed by atoms with E-state index in [1.165, 1.54) is 0 Å². The number of ether oxygens (including phenoxy) is 1. The van der Waals surface area contributed by atoms with Crippen molar-refractivity contribution in [2.24, 2.45) is 0 Å². The molecular weight excluding hydrogens is 180 g/mol. The Morgan fingerprint density at radius 2 is 2.21 bits per heavy atom. The molecule has 80 valence electrons. The molecule has 1 N–H and O–H groups in total. The molecule has 1 heterocycles. The van der Waals surface area contributed by atoms with E-state index in [4.69, 9.17) is 9.84 Å². The molecule has 0 bridgehead atoms. The fourth-order valence-electron chi connectivity index (χ4n) is 1.59. The first kappa shape index (κ1) is 11.2. The number of carboxylic acids is 1. The Balaban J connectivity index is 2.04. The fraction of sp³-hybridized carbons (Fsp3) is 0.727. The molecule has 0 radical (unpaired) electrons. The van der Waals surface area contributed by atoms with E-state index in [1.807, 2.05) is 0 Å². The normalized spacial score (nSPS) is 25.5. The molecule has 0 saturated carbocycles. The van der Waals surface area contributed by atoms with Gasteiger partial charge in [-0.15, -0.1) is 0 Å². The maximum atomic E-state index is 10.4. The number of hydrogen-bond acceptors (Lipinski definition) is 2. The smallest absolute Gasteiger partial charge is 0.330 e. The van der Waals surface area contributed by atoms with Gasteiger partial charge in [-0.1, -0.05) is 13.0 Å². The van der Waals surface area contributed by atoms with Crippen LogP contribution >= 0.6 is 0 Å². The summed E-state index contributed by atoms with van der Waals surface area (Å²) in [5, 5.41) is 8.57. The van der Waals surface area contributed by atoms with Crippen molar-refractivity contribution in [3.63, 3.8) is 0 Å². The quantitative estimate of drug-likeness (QED) is 0.526. The topological polar surface area (TPSA) is 46.5 Å². The van der Waals surface area contributed by atoms with E-state index in [0.29, 0.717) is 12.0 Å². The summed E-state index contributed by atoms with van der Waals surface area (Å²) in [6.07, 6.45) is 4.66. The summed E-state index contributed by atoms with van der Waals surface area (Å²) in [6, 6.07) is 0. The van der Waals surface area contributed by atoms with Crippen molar-refractivity contribution in [2.75, 3.05) is 6.61 Å². The molecule has 1 fully saturated rings. The predicted molar refractivity (Wildman–Crippen MR) is 54.2 cm³/mol. The van der Waals surface area contributed by atoms with Gasteiger partial charge < -0.3 is 9.84 Å². The van der Waals surface area contributed by atoms with Gasteiger partial charge in [0.05, 0.1) is 12.2 Å². The summed E-state index contributed by atoms with van der Waals surface area (Å²) in [5.74, 6) is -0.879. The van der Waals surface area contributed by atoms with Gasteiger partial charge in [-0.2, -0.15) is 0 Å². The van der Waals surface area contributed by atoms with Crippen LogP contribution in [0.25, 0.3) is 0 Å². The Hall–Kier alpha value is -0.830. The Kier molecular flexibility index (Phi) is 3.69. The molecular formula is C11H18O3. The van der Waals surface area contributed by atoms with Crippen molar-refractivity contribution in [3.8, 4) is 0 Å². The van der Waals surface area contributed by atoms with Crippen LogP contribution in [0.2, 0.25) is 0 Å². The zero-order valence-electron chi connectivity index (χ0n) is 8.71. The fourth-order valence-corrected chi connectivity index (χ4v) is 1.59. The van der Waals surface area contributed by atoms with Crippen LogP contribution in [0.15, 0.2) is 12.2 Å². The monoisotopic (exact) mass is 198 g/mol. The van der Waals surface area contributed by atoms with E-state index in [2.05, 4.69) is 13.5 Å². The van der Waals surface area contributed by atoms with Crippen LogP contribution in [0, 0.1) is 0 Å². The van der Waals surface area contributed by atoms with Crippen molar-refractivity contribution in [1.82, 2.24) is 0 Å². The predicted octanol–water partition coefficient (Wildman–Crippen LogP) is 2.37.